The maximum atomic E-state index is 13.0. The number of methoxy groups -OCH3 is 2. The number of ether oxygens (including phenoxy) is 4. The van der Waals surface area contributed by atoms with Crippen LogP contribution in [0.1, 0.15) is 0 Å². The molecule has 0 unspecified atom stereocenters. The highest BCUT2D eigenvalue weighted by Gasteiger charge is 2.50. The summed E-state index contributed by atoms with van der Waals surface area (Å²) in [4.78, 5) is 17.1. The first kappa shape index (κ1) is 19.5. The Morgan fingerprint density at radius 3 is 2.03 bits per heavy atom. The maximum absolute atomic E-state index is 13.0. The molecule has 154 valence electrons. The number of hydrogen-bond acceptors (Lipinski definition) is 6. The van der Waals surface area contributed by atoms with Crippen LogP contribution in [-0.2, 0) is 9.53 Å². The zero-order chi connectivity index (χ0) is 20.2. The van der Waals surface area contributed by atoms with Crippen LogP contribution in [0, 0.1) is 0 Å². The van der Waals surface area contributed by atoms with Crippen molar-refractivity contribution in [1.29, 1.82) is 0 Å². The molecule has 0 aliphatic carbocycles. The van der Waals surface area contributed by atoms with Crippen LogP contribution in [0.4, 0.5) is 5.69 Å². The molecule has 0 saturated carbocycles. The van der Waals surface area contributed by atoms with Crippen molar-refractivity contribution in [3.8, 4) is 17.2 Å². The van der Waals surface area contributed by atoms with E-state index in [0.29, 0.717) is 19.0 Å². The molecule has 0 spiro atoms. The number of morpholine rings is 1. The molecular formula is C22H26N2O5. The lowest BCUT2D eigenvalue weighted by Crippen LogP contribution is -2.70. The van der Waals surface area contributed by atoms with Gasteiger partial charge in [-0.2, -0.15) is 0 Å². The molecule has 2 atom stereocenters. The van der Waals surface area contributed by atoms with Gasteiger partial charge in [-0.25, -0.2) is 0 Å². The molecule has 2 aliphatic rings. The summed E-state index contributed by atoms with van der Waals surface area (Å²) in [5.41, 5.74) is 0.851. The molecule has 2 fully saturated rings. The van der Waals surface area contributed by atoms with Gasteiger partial charge in [0.15, 0.2) is 6.10 Å². The van der Waals surface area contributed by atoms with Gasteiger partial charge < -0.3 is 23.8 Å². The molecule has 0 aromatic heterocycles. The molecule has 1 amide bonds. The predicted molar refractivity (Wildman–Crippen MR) is 109 cm³/mol. The number of β-lactam (4-membered cyclic amide) rings is 1. The zero-order valence-electron chi connectivity index (χ0n) is 16.7. The van der Waals surface area contributed by atoms with Gasteiger partial charge in [-0.15, -0.1) is 0 Å². The Hall–Kier alpha value is -2.77. The second kappa shape index (κ2) is 8.71. The monoisotopic (exact) mass is 398 g/mol. The van der Waals surface area contributed by atoms with Gasteiger partial charge >= 0.3 is 0 Å². The molecular weight excluding hydrogens is 372 g/mol. The number of amides is 1. The summed E-state index contributed by atoms with van der Waals surface area (Å²) in [6.45, 7) is 3.88. The van der Waals surface area contributed by atoms with Crippen LogP contribution in [0.25, 0.3) is 0 Å². The van der Waals surface area contributed by atoms with Crippen LogP contribution >= 0.6 is 0 Å². The lowest BCUT2D eigenvalue weighted by molar-refractivity contribution is -0.135. The van der Waals surface area contributed by atoms with E-state index in [1.54, 1.807) is 14.2 Å². The number of rotatable bonds is 7. The maximum Gasteiger partial charge on any atom is 0.270 e. The SMILES string of the molecule is COc1ccc(O[C@@H]2C(=O)N(c3ccc(OC)cc3)[C@@H]2CN2CCOCC2)cc1. The van der Waals surface area contributed by atoms with Crippen molar-refractivity contribution < 1.29 is 23.7 Å². The van der Waals surface area contributed by atoms with E-state index in [9.17, 15) is 4.79 Å². The minimum Gasteiger partial charge on any atom is -0.497 e. The number of hydrogen-bond donors (Lipinski definition) is 0. The van der Waals surface area contributed by atoms with Crippen LogP contribution in [0.2, 0.25) is 0 Å². The van der Waals surface area contributed by atoms with Crippen molar-refractivity contribution in [3.05, 3.63) is 48.5 Å². The number of anilines is 1. The van der Waals surface area contributed by atoms with E-state index in [2.05, 4.69) is 4.90 Å². The average molecular weight is 398 g/mol. The summed E-state index contributed by atoms with van der Waals surface area (Å²) in [6, 6.07) is 14.8. The molecule has 0 N–H and O–H groups in total. The summed E-state index contributed by atoms with van der Waals surface area (Å²) in [6.07, 6.45) is -0.520. The van der Waals surface area contributed by atoms with Crippen LogP contribution in [-0.4, -0.2) is 70.0 Å². The van der Waals surface area contributed by atoms with E-state index in [1.165, 1.54) is 0 Å². The van der Waals surface area contributed by atoms with Gasteiger partial charge in [0.2, 0.25) is 0 Å². The molecule has 2 aromatic carbocycles. The average Bonchev–Trinajstić information content (AvgIpc) is 2.78. The summed E-state index contributed by atoms with van der Waals surface area (Å²) < 4.78 is 22.0. The highest BCUT2D eigenvalue weighted by Crippen LogP contribution is 2.33. The highest BCUT2D eigenvalue weighted by molar-refractivity contribution is 6.05. The lowest BCUT2D eigenvalue weighted by atomic mass is 9.95. The second-order valence-corrected chi connectivity index (χ2v) is 7.10. The first-order chi connectivity index (χ1) is 14.2. The Balaban J connectivity index is 1.52. The Kier molecular flexibility index (Phi) is 5.87. The number of carbonyl (C=O) groups is 1. The van der Waals surface area contributed by atoms with Crippen LogP contribution in [0.15, 0.2) is 48.5 Å². The minimum atomic E-state index is -0.520. The first-order valence-electron chi connectivity index (χ1n) is 9.77. The summed E-state index contributed by atoms with van der Waals surface area (Å²) in [5.74, 6) is 2.13. The van der Waals surface area contributed by atoms with Crippen LogP contribution in [0.3, 0.4) is 0 Å². The molecule has 4 rings (SSSR count). The molecule has 7 nitrogen and oxygen atoms in total. The summed E-state index contributed by atoms with van der Waals surface area (Å²) in [7, 11) is 3.25. The van der Waals surface area contributed by atoms with Gasteiger partial charge in [0.1, 0.15) is 17.2 Å². The largest absolute Gasteiger partial charge is 0.497 e. The van der Waals surface area contributed by atoms with Gasteiger partial charge in [-0.3, -0.25) is 9.69 Å². The number of nitrogens with zero attached hydrogens (tertiary/aromatic N) is 2. The molecule has 0 radical (unpaired) electrons. The molecule has 29 heavy (non-hydrogen) atoms. The van der Waals surface area contributed by atoms with E-state index in [0.717, 1.165) is 36.8 Å². The van der Waals surface area contributed by atoms with Gasteiger partial charge in [0.25, 0.3) is 5.91 Å². The zero-order valence-corrected chi connectivity index (χ0v) is 16.7. The second-order valence-electron chi connectivity index (χ2n) is 7.10. The molecule has 2 aliphatic heterocycles. The third-order valence-electron chi connectivity index (χ3n) is 5.38. The normalized spacial score (nSPS) is 22.1. The fourth-order valence-corrected chi connectivity index (χ4v) is 3.74. The third-order valence-corrected chi connectivity index (χ3v) is 5.38. The number of carbonyl (C=O) groups excluding carboxylic acids is 1. The van der Waals surface area contributed by atoms with Crippen molar-refractivity contribution in [3.63, 3.8) is 0 Å². The summed E-state index contributed by atoms with van der Waals surface area (Å²) >= 11 is 0. The van der Waals surface area contributed by atoms with Gasteiger partial charge in [-0.05, 0) is 48.5 Å². The van der Waals surface area contributed by atoms with Gasteiger partial charge in [0, 0.05) is 25.3 Å². The van der Waals surface area contributed by atoms with Crippen molar-refractivity contribution in [2.75, 3.05) is 52.0 Å². The molecule has 7 heteroatoms. The molecule has 2 saturated heterocycles. The van der Waals surface area contributed by atoms with E-state index in [-0.39, 0.29) is 11.9 Å². The van der Waals surface area contributed by atoms with Crippen molar-refractivity contribution in [1.82, 2.24) is 4.90 Å². The quantitative estimate of drug-likeness (QED) is 0.667. The van der Waals surface area contributed by atoms with Crippen LogP contribution in [0.5, 0.6) is 17.2 Å². The highest BCUT2D eigenvalue weighted by atomic mass is 16.5. The Morgan fingerprint density at radius 1 is 0.897 bits per heavy atom. The topological polar surface area (TPSA) is 60.5 Å². The van der Waals surface area contributed by atoms with Gasteiger partial charge in [-0.1, -0.05) is 0 Å². The standard InChI is InChI=1S/C22H26N2O5/c1-26-17-5-3-16(4-6-17)24-20(15-23-11-13-28-14-12-23)21(22(24)25)29-19-9-7-18(27-2)8-10-19/h3-10,20-21H,11-15H2,1-2H3/t20-,21+/m1/s1. The Morgan fingerprint density at radius 2 is 1.45 bits per heavy atom. The smallest absolute Gasteiger partial charge is 0.270 e. The Bertz CT molecular complexity index is 818. The molecule has 0 bridgehead atoms. The van der Waals surface area contributed by atoms with Crippen LogP contribution < -0.4 is 19.1 Å². The van der Waals surface area contributed by atoms with Gasteiger partial charge in [0.05, 0.1) is 33.5 Å². The van der Waals surface area contributed by atoms with E-state index in [4.69, 9.17) is 18.9 Å². The minimum absolute atomic E-state index is 0.0377. The van der Waals surface area contributed by atoms with Crippen molar-refractivity contribution >= 4 is 11.6 Å². The summed E-state index contributed by atoms with van der Waals surface area (Å²) in [5, 5.41) is 0. The van der Waals surface area contributed by atoms with Crippen molar-refractivity contribution in [2.45, 2.75) is 12.1 Å². The fourth-order valence-electron chi connectivity index (χ4n) is 3.74. The predicted octanol–water partition coefficient (Wildman–Crippen LogP) is 2.20. The van der Waals surface area contributed by atoms with E-state index in [1.807, 2.05) is 53.4 Å². The lowest BCUT2D eigenvalue weighted by Gasteiger charge is -2.48. The van der Waals surface area contributed by atoms with Crippen molar-refractivity contribution in [2.24, 2.45) is 0 Å². The van der Waals surface area contributed by atoms with E-state index >= 15 is 0 Å². The third kappa shape index (κ3) is 4.16. The fraction of sp³-hybridized carbons (Fsp3) is 0.409. The first-order valence-corrected chi connectivity index (χ1v) is 9.77. The molecule has 2 heterocycles. The molecule has 2 aromatic rings. The number of benzene rings is 2. The Labute approximate surface area is 170 Å². The van der Waals surface area contributed by atoms with E-state index < -0.39 is 6.10 Å².